The third-order valence-electron chi connectivity index (χ3n) is 5.37. The van der Waals surface area contributed by atoms with Crippen LogP contribution < -0.4 is 9.47 Å². The Bertz CT molecular complexity index is 1050. The number of hydrogen-bond donors (Lipinski definition) is 1. The number of Topliss-reactive ketones (excluding diaryl/α,β-unsaturated/α-hetero) is 1. The minimum absolute atomic E-state index is 0.0225. The van der Waals surface area contributed by atoms with Crippen LogP contribution in [0, 0.1) is 0 Å². The van der Waals surface area contributed by atoms with Gasteiger partial charge in [-0.2, -0.15) is 0 Å². The summed E-state index contributed by atoms with van der Waals surface area (Å²) < 4.78 is 10.6. The maximum Gasteiger partial charge on any atom is 0.295 e. The Morgan fingerprint density at radius 3 is 2.44 bits per heavy atom. The highest BCUT2D eigenvalue weighted by atomic mass is 35.5. The number of methoxy groups -OCH3 is 2. The molecule has 3 rings (SSSR count). The van der Waals surface area contributed by atoms with Gasteiger partial charge in [-0.05, 0) is 63.0 Å². The zero-order valence-corrected chi connectivity index (χ0v) is 19.3. The van der Waals surface area contributed by atoms with Crippen molar-refractivity contribution in [1.82, 2.24) is 9.80 Å². The molecule has 0 radical (unpaired) electrons. The fourth-order valence-corrected chi connectivity index (χ4v) is 4.03. The molecule has 1 heterocycles. The molecule has 1 aliphatic rings. The van der Waals surface area contributed by atoms with E-state index in [1.165, 1.54) is 19.1 Å². The monoisotopic (exact) mass is 458 g/mol. The van der Waals surface area contributed by atoms with E-state index < -0.39 is 17.7 Å². The van der Waals surface area contributed by atoms with Gasteiger partial charge in [0.25, 0.3) is 11.7 Å². The fraction of sp³-hybridized carbons (Fsp3) is 0.333. The minimum atomic E-state index is -0.746. The molecule has 0 bridgehead atoms. The Kier molecular flexibility index (Phi) is 7.43. The second-order valence-electron chi connectivity index (χ2n) is 7.77. The van der Waals surface area contributed by atoms with Crippen LogP contribution in [0.5, 0.6) is 11.5 Å². The van der Waals surface area contributed by atoms with Gasteiger partial charge in [0.2, 0.25) is 0 Å². The molecule has 2 aromatic rings. The second kappa shape index (κ2) is 10.1. The van der Waals surface area contributed by atoms with Crippen LogP contribution in [0.25, 0.3) is 5.76 Å². The summed E-state index contributed by atoms with van der Waals surface area (Å²) in [6.45, 7) is 1.11. The van der Waals surface area contributed by atoms with E-state index in [4.69, 9.17) is 21.1 Å². The molecular weight excluding hydrogens is 432 g/mol. The lowest BCUT2D eigenvalue weighted by Gasteiger charge is -2.26. The van der Waals surface area contributed by atoms with E-state index in [2.05, 4.69) is 0 Å². The Morgan fingerprint density at radius 1 is 1.09 bits per heavy atom. The normalized spacial score (nSPS) is 17.8. The number of ether oxygens (including phenoxy) is 2. The number of carbonyl (C=O) groups is 2. The molecule has 7 nitrogen and oxygen atoms in total. The molecule has 1 saturated heterocycles. The van der Waals surface area contributed by atoms with Gasteiger partial charge < -0.3 is 24.4 Å². The number of amides is 1. The van der Waals surface area contributed by atoms with Crippen molar-refractivity contribution in [2.75, 3.05) is 41.4 Å². The second-order valence-corrected chi connectivity index (χ2v) is 8.21. The quantitative estimate of drug-likeness (QED) is 0.369. The molecule has 0 aliphatic carbocycles. The van der Waals surface area contributed by atoms with E-state index in [1.807, 2.05) is 19.0 Å². The summed E-state index contributed by atoms with van der Waals surface area (Å²) in [5.41, 5.74) is 1.03. The number of rotatable bonds is 8. The third-order valence-corrected chi connectivity index (χ3v) is 5.60. The van der Waals surface area contributed by atoms with Crippen LogP contribution in [0.2, 0.25) is 5.02 Å². The van der Waals surface area contributed by atoms with Crippen molar-refractivity contribution >= 4 is 29.1 Å². The first kappa shape index (κ1) is 23.6. The smallest absolute Gasteiger partial charge is 0.295 e. The summed E-state index contributed by atoms with van der Waals surface area (Å²) in [4.78, 5) is 29.5. The summed E-state index contributed by atoms with van der Waals surface area (Å²) in [6.07, 6.45) is 0.674. The molecule has 1 N–H and O–H groups in total. The fourth-order valence-electron chi connectivity index (χ4n) is 3.83. The Morgan fingerprint density at radius 2 is 1.81 bits per heavy atom. The minimum Gasteiger partial charge on any atom is -0.507 e. The number of aliphatic hydroxyl groups excluding tert-OH is 1. The third kappa shape index (κ3) is 4.74. The molecule has 0 saturated carbocycles. The number of benzene rings is 2. The van der Waals surface area contributed by atoms with Crippen LogP contribution in [-0.2, 0) is 9.59 Å². The van der Waals surface area contributed by atoms with E-state index in [1.54, 1.807) is 42.5 Å². The number of aliphatic hydroxyl groups is 1. The van der Waals surface area contributed by atoms with Crippen LogP contribution in [0.4, 0.5) is 0 Å². The molecule has 0 unspecified atom stereocenters. The van der Waals surface area contributed by atoms with Crippen molar-refractivity contribution < 1.29 is 24.2 Å². The van der Waals surface area contributed by atoms with E-state index in [9.17, 15) is 14.7 Å². The highest BCUT2D eigenvalue weighted by Crippen LogP contribution is 2.41. The van der Waals surface area contributed by atoms with Gasteiger partial charge >= 0.3 is 0 Å². The molecule has 8 heteroatoms. The average Bonchev–Trinajstić information content (AvgIpc) is 3.02. The largest absolute Gasteiger partial charge is 0.507 e. The molecule has 0 spiro atoms. The lowest BCUT2D eigenvalue weighted by atomic mass is 9.95. The van der Waals surface area contributed by atoms with Crippen LogP contribution in [0.15, 0.2) is 48.0 Å². The first-order valence-electron chi connectivity index (χ1n) is 10.2. The number of ketones is 1. The average molecular weight is 459 g/mol. The summed E-state index contributed by atoms with van der Waals surface area (Å²) in [5, 5.41) is 11.6. The predicted octanol–water partition coefficient (Wildman–Crippen LogP) is 3.73. The molecule has 1 atom stereocenters. The van der Waals surface area contributed by atoms with Crippen molar-refractivity contribution in [3.63, 3.8) is 0 Å². The standard InChI is InChI=1S/C24H27ClN2O5/c1-26(2)11-6-12-27-21(15-7-5-8-17(25)13-15)20(23(29)24(27)30)22(28)16-9-10-18(31-3)19(14-16)32-4/h5,7-10,13-14,21,28H,6,11-12H2,1-4H3/b22-20+/t21-/m1/s1. The first-order chi connectivity index (χ1) is 15.3. The summed E-state index contributed by atoms with van der Waals surface area (Å²) in [6, 6.07) is 11.1. The van der Waals surface area contributed by atoms with E-state index in [0.29, 0.717) is 40.6 Å². The van der Waals surface area contributed by atoms with E-state index >= 15 is 0 Å². The molecule has 170 valence electrons. The number of carbonyl (C=O) groups excluding carboxylic acids is 2. The molecule has 0 aromatic heterocycles. The van der Waals surface area contributed by atoms with Crippen LogP contribution in [0.1, 0.15) is 23.6 Å². The lowest BCUT2D eigenvalue weighted by molar-refractivity contribution is -0.139. The Hall–Kier alpha value is -3.03. The van der Waals surface area contributed by atoms with Crippen LogP contribution in [0.3, 0.4) is 0 Å². The van der Waals surface area contributed by atoms with Crippen molar-refractivity contribution in [2.24, 2.45) is 0 Å². The lowest BCUT2D eigenvalue weighted by Crippen LogP contribution is -2.32. The van der Waals surface area contributed by atoms with Crippen molar-refractivity contribution in [3.05, 3.63) is 64.2 Å². The van der Waals surface area contributed by atoms with E-state index in [0.717, 1.165) is 6.54 Å². The van der Waals surface area contributed by atoms with Crippen molar-refractivity contribution in [1.29, 1.82) is 0 Å². The molecule has 32 heavy (non-hydrogen) atoms. The zero-order valence-electron chi connectivity index (χ0n) is 18.6. The topological polar surface area (TPSA) is 79.3 Å². The Labute approximate surface area is 192 Å². The number of likely N-dealkylation sites (tertiary alicyclic amines) is 1. The molecule has 2 aromatic carbocycles. The van der Waals surface area contributed by atoms with Gasteiger partial charge in [0.15, 0.2) is 11.5 Å². The number of halogens is 1. The van der Waals surface area contributed by atoms with Gasteiger partial charge in [0.1, 0.15) is 5.76 Å². The van der Waals surface area contributed by atoms with Crippen LogP contribution >= 0.6 is 11.6 Å². The van der Waals surface area contributed by atoms with Gasteiger partial charge in [-0.15, -0.1) is 0 Å². The van der Waals surface area contributed by atoms with Gasteiger partial charge in [-0.3, -0.25) is 9.59 Å². The summed E-state index contributed by atoms with van der Waals surface area (Å²) in [7, 11) is 6.88. The molecular formula is C24H27ClN2O5. The summed E-state index contributed by atoms with van der Waals surface area (Å²) in [5.74, 6) is -0.761. The van der Waals surface area contributed by atoms with Gasteiger partial charge in [-0.25, -0.2) is 0 Å². The molecule has 1 aliphatic heterocycles. The van der Waals surface area contributed by atoms with Crippen molar-refractivity contribution in [2.45, 2.75) is 12.5 Å². The van der Waals surface area contributed by atoms with Gasteiger partial charge in [0, 0.05) is 17.1 Å². The highest BCUT2D eigenvalue weighted by Gasteiger charge is 2.45. The van der Waals surface area contributed by atoms with Crippen molar-refractivity contribution in [3.8, 4) is 11.5 Å². The SMILES string of the molecule is COc1ccc(/C(O)=C2\C(=O)C(=O)N(CCCN(C)C)[C@@H]2c2cccc(Cl)c2)cc1OC. The van der Waals surface area contributed by atoms with Gasteiger partial charge in [0.05, 0.1) is 25.8 Å². The van der Waals surface area contributed by atoms with Crippen LogP contribution in [-0.4, -0.2) is 68.0 Å². The zero-order chi connectivity index (χ0) is 23.4. The number of nitrogens with zero attached hydrogens (tertiary/aromatic N) is 2. The first-order valence-corrected chi connectivity index (χ1v) is 10.6. The van der Waals surface area contributed by atoms with E-state index in [-0.39, 0.29) is 11.3 Å². The Balaban J connectivity index is 2.12. The molecule has 1 fully saturated rings. The maximum absolute atomic E-state index is 13.1. The number of hydrogen-bond acceptors (Lipinski definition) is 6. The molecule has 1 amide bonds. The summed E-state index contributed by atoms with van der Waals surface area (Å²) >= 11 is 6.20. The predicted molar refractivity (Wildman–Crippen MR) is 123 cm³/mol. The highest BCUT2D eigenvalue weighted by molar-refractivity contribution is 6.46. The maximum atomic E-state index is 13.1. The van der Waals surface area contributed by atoms with Gasteiger partial charge in [-0.1, -0.05) is 23.7 Å².